The van der Waals surface area contributed by atoms with Crippen LogP contribution in [0.1, 0.15) is 21.5 Å². The molecule has 0 spiro atoms. The average Bonchev–Trinajstić information content (AvgIpc) is 2.91. The minimum absolute atomic E-state index is 0.0645. The smallest absolute Gasteiger partial charge is 0.336 e. The summed E-state index contributed by atoms with van der Waals surface area (Å²) < 4.78 is 13.3. The molecule has 0 fully saturated rings. The summed E-state index contributed by atoms with van der Waals surface area (Å²) in [5, 5.41) is 24.4. The second-order valence-electron chi connectivity index (χ2n) is 8.07. The van der Waals surface area contributed by atoms with Gasteiger partial charge in [0, 0.05) is 23.3 Å². The summed E-state index contributed by atoms with van der Waals surface area (Å²) >= 11 is 1.66. The van der Waals surface area contributed by atoms with E-state index in [2.05, 4.69) is 5.32 Å². The molecule has 4 aromatic carbocycles. The van der Waals surface area contributed by atoms with E-state index in [1.165, 1.54) is 24.3 Å². The predicted molar refractivity (Wildman–Crippen MR) is 146 cm³/mol. The molecule has 4 rings (SSSR count). The number of halogens is 1. The molecule has 2 N–H and O–H groups in total. The number of hydrogen-bond acceptors (Lipinski definition) is 5. The van der Waals surface area contributed by atoms with Gasteiger partial charge in [0.2, 0.25) is 0 Å². The number of benzene rings is 4. The van der Waals surface area contributed by atoms with E-state index >= 15 is 0 Å². The van der Waals surface area contributed by atoms with Gasteiger partial charge in [-0.3, -0.25) is 10.1 Å². The van der Waals surface area contributed by atoms with Crippen LogP contribution >= 0.6 is 11.8 Å². The normalized spacial score (nSPS) is 10.9. The number of aromatic carboxylic acids is 1. The maximum absolute atomic E-state index is 13.3. The first-order chi connectivity index (χ1) is 17.9. The van der Waals surface area contributed by atoms with Crippen molar-refractivity contribution in [3.05, 3.63) is 124 Å². The van der Waals surface area contributed by atoms with E-state index in [1.807, 2.05) is 30.3 Å². The Bertz CT molecular complexity index is 1440. The molecule has 0 aliphatic carbocycles. The molecule has 0 amide bonds. The molecule has 186 valence electrons. The van der Waals surface area contributed by atoms with Crippen LogP contribution in [0.15, 0.2) is 95.9 Å². The number of carboxylic acid groups (broad SMARTS) is 1. The molecule has 6 nitrogen and oxygen atoms in total. The van der Waals surface area contributed by atoms with E-state index in [0.717, 1.165) is 21.8 Å². The van der Waals surface area contributed by atoms with Gasteiger partial charge in [0.25, 0.3) is 5.69 Å². The van der Waals surface area contributed by atoms with Crippen LogP contribution in [0.4, 0.5) is 15.8 Å². The Morgan fingerprint density at radius 1 is 0.946 bits per heavy atom. The summed E-state index contributed by atoms with van der Waals surface area (Å²) in [6, 6.07) is 25.5. The van der Waals surface area contributed by atoms with Crippen LogP contribution in [0, 0.1) is 15.9 Å². The zero-order chi connectivity index (χ0) is 26.2. The lowest BCUT2D eigenvalue weighted by atomic mass is 9.98. The number of nitro groups is 1. The third-order valence-corrected chi connectivity index (χ3v) is 6.58. The zero-order valence-electron chi connectivity index (χ0n) is 19.6. The third kappa shape index (κ3) is 6.83. The summed E-state index contributed by atoms with van der Waals surface area (Å²) in [5.74, 6) is -0.713. The Morgan fingerprint density at radius 3 is 2.38 bits per heavy atom. The van der Waals surface area contributed by atoms with Crippen molar-refractivity contribution in [2.24, 2.45) is 0 Å². The van der Waals surface area contributed by atoms with Gasteiger partial charge < -0.3 is 10.4 Å². The van der Waals surface area contributed by atoms with Gasteiger partial charge >= 0.3 is 5.97 Å². The van der Waals surface area contributed by atoms with Crippen LogP contribution in [0.3, 0.4) is 0 Å². The van der Waals surface area contributed by atoms with Crippen LogP contribution in [-0.2, 0) is 0 Å². The molecule has 37 heavy (non-hydrogen) atoms. The highest BCUT2D eigenvalue weighted by molar-refractivity contribution is 7.99. The maximum Gasteiger partial charge on any atom is 0.336 e. The number of rotatable bonds is 10. The molecule has 8 heteroatoms. The first-order valence-electron chi connectivity index (χ1n) is 11.4. The fourth-order valence-corrected chi connectivity index (χ4v) is 4.52. The molecule has 4 aromatic rings. The van der Waals surface area contributed by atoms with E-state index < -0.39 is 10.9 Å². The van der Waals surface area contributed by atoms with Crippen molar-refractivity contribution in [2.75, 3.05) is 17.6 Å². The minimum atomic E-state index is -1.09. The van der Waals surface area contributed by atoms with E-state index in [4.69, 9.17) is 0 Å². The molecular weight excluding hydrogens is 491 g/mol. The molecule has 0 aliphatic rings. The number of carboxylic acids is 1. The Balaban J connectivity index is 1.52. The fourth-order valence-electron chi connectivity index (χ4n) is 3.73. The molecule has 0 radical (unpaired) electrons. The fraction of sp³-hybridized carbons (Fsp3) is 0.0690. The van der Waals surface area contributed by atoms with E-state index in [1.54, 1.807) is 60.3 Å². The van der Waals surface area contributed by atoms with Gasteiger partial charge in [0.05, 0.1) is 10.5 Å². The molecule has 0 aliphatic heterocycles. The van der Waals surface area contributed by atoms with Crippen LogP contribution in [0.2, 0.25) is 0 Å². The number of nitrogens with zero attached hydrogens (tertiary/aromatic N) is 1. The second-order valence-corrected chi connectivity index (χ2v) is 9.24. The molecule has 0 unspecified atom stereocenters. The van der Waals surface area contributed by atoms with Crippen molar-refractivity contribution in [1.82, 2.24) is 0 Å². The van der Waals surface area contributed by atoms with Crippen molar-refractivity contribution >= 4 is 41.3 Å². The second kappa shape index (κ2) is 12.0. The van der Waals surface area contributed by atoms with Gasteiger partial charge in [-0.1, -0.05) is 54.6 Å². The molecule has 0 atom stereocenters. The molecule has 0 saturated heterocycles. The quantitative estimate of drug-likeness (QED) is 0.0750. The summed E-state index contributed by atoms with van der Waals surface area (Å²) in [4.78, 5) is 24.1. The summed E-state index contributed by atoms with van der Waals surface area (Å²) in [7, 11) is 0. The number of anilines is 1. The third-order valence-electron chi connectivity index (χ3n) is 5.56. The summed E-state index contributed by atoms with van der Waals surface area (Å²) in [5.41, 5.74) is 2.89. The molecule has 0 bridgehead atoms. The first-order valence-corrected chi connectivity index (χ1v) is 12.4. The van der Waals surface area contributed by atoms with Gasteiger partial charge in [0.15, 0.2) is 0 Å². The minimum Gasteiger partial charge on any atom is -0.478 e. The Morgan fingerprint density at radius 2 is 1.68 bits per heavy atom. The molecular formula is C29H23FN2O4S. The van der Waals surface area contributed by atoms with Gasteiger partial charge in [-0.05, 0) is 64.7 Å². The SMILES string of the molecule is O=C(O)c1ccc(-c2ccc(F)cc2)cc1C=Cc1ccc(NCCSc2ccccc2)c([N+](=O)[O-])c1. The Hall–Kier alpha value is -4.43. The average molecular weight is 515 g/mol. The van der Waals surface area contributed by atoms with Crippen LogP contribution in [0.5, 0.6) is 0 Å². The molecule has 0 heterocycles. The van der Waals surface area contributed by atoms with Crippen molar-refractivity contribution < 1.29 is 19.2 Å². The van der Waals surface area contributed by atoms with Crippen molar-refractivity contribution in [2.45, 2.75) is 4.90 Å². The predicted octanol–water partition coefficient (Wildman–Crippen LogP) is 7.47. The van der Waals surface area contributed by atoms with Crippen molar-refractivity contribution in [1.29, 1.82) is 0 Å². The van der Waals surface area contributed by atoms with E-state index in [0.29, 0.717) is 23.4 Å². The number of hydrogen-bond donors (Lipinski definition) is 2. The van der Waals surface area contributed by atoms with Crippen LogP contribution in [-0.4, -0.2) is 28.3 Å². The van der Waals surface area contributed by atoms with E-state index in [-0.39, 0.29) is 17.1 Å². The Kier molecular flexibility index (Phi) is 8.33. The summed E-state index contributed by atoms with van der Waals surface area (Å²) in [6.45, 7) is 0.549. The number of nitrogens with one attached hydrogen (secondary N) is 1. The maximum atomic E-state index is 13.3. The first kappa shape index (κ1) is 25.7. The number of thioether (sulfide) groups is 1. The standard InChI is InChI=1S/C29H23FN2O4S/c30-24-12-9-21(10-13-24)22-11-14-26(29(33)34)23(19-22)8-6-20-7-15-27(28(18-20)32(35)36)31-16-17-37-25-4-2-1-3-5-25/h1-15,18-19,31H,16-17H2,(H,33,34). The topological polar surface area (TPSA) is 92.5 Å². The van der Waals surface area contributed by atoms with Gasteiger partial charge in [-0.15, -0.1) is 11.8 Å². The van der Waals surface area contributed by atoms with Gasteiger partial charge in [-0.2, -0.15) is 0 Å². The lowest BCUT2D eigenvalue weighted by molar-refractivity contribution is -0.384. The molecule has 0 aromatic heterocycles. The highest BCUT2D eigenvalue weighted by Gasteiger charge is 2.14. The number of carbonyl (C=O) groups is 1. The van der Waals surface area contributed by atoms with Crippen LogP contribution in [0.25, 0.3) is 23.3 Å². The van der Waals surface area contributed by atoms with Crippen molar-refractivity contribution in [3.8, 4) is 11.1 Å². The Labute approximate surface area is 217 Å². The zero-order valence-corrected chi connectivity index (χ0v) is 20.5. The van der Waals surface area contributed by atoms with Gasteiger partial charge in [0.1, 0.15) is 11.5 Å². The monoisotopic (exact) mass is 514 g/mol. The molecule has 0 saturated carbocycles. The van der Waals surface area contributed by atoms with E-state index in [9.17, 15) is 24.4 Å². The van der Waals surface area contributed by atoms with Gasteiger partial charge in [-0.25, -0.2) is 9.18 Å². The van der Waals surface area contributed by atoms with Crippen molar-refractivity contribution in [3.63, 3.8) is 0 Å². The highest BCUT2D eigenvalue weighted by atomic mass is 32.2. The lowest BCUT2D eigenvalue weighted by Gasteiger charge is -2.08. The number of nitro benzene ring substituents is 1. The summed E-state index contributed by atoms with van der Waals surface area (Å²) in [6.07, 6.45) is 3.25. The lowest BCUT2D eigenvalue weighted by Crippen LogP contribution is -2.06. The largest absolute Gasteiger partial charge is 0.478 e. The highest BCUT2D eigenvalue weighted by Crippen LogP contribution is 2.28. The van der Waals surface area contributed by atoms with Crippen LogP contribution < -0.4 is 5.32 Å².